The largest absolute Gasteiger partial charge is 0.0616 e. The second kappa shape index (κ2) is 6.09. The van der Waals surface area contributed by atoms with Gasteiger partial charge in [0.05, 0.1) is 0 Å². The Morgan fingerprint density at radius 3 is 1.93 bits per heavy atom. The molecule has 0 atom stereocenters. The molecule has 0 saturated carbocycles. The molecule has 138 valence electrons. The Kier molecular flexibility index (Phi) is 4.07. The summed E-state index contributed by atoms with van der Waals surface area (Å²) in [5.74, 6) is 0. The smallest absolute Gasteiger partial charge is 0.00164 e. The van der Waals surface area contributed by atoms with E-state index in [1.165, 1.54) is 44.5 Å². The maximum atomic E-state index is 2.44. The highest BCUT2D eigenvalue weighted by Gasteiger charge is 2.26. The minimum absolute atomic E-state index is 0.135. The standard InChI is InChI=1S/C27H30/c1-26(2,3)20-15-14-18(24(17-20)27(4,5)6)16-19-10-9-13-23-21-11-7-8-12-22(21)25(19)23/h7-15,17H,16H2,1-6H3. The van der Waals surface area contributed by atoms with Gasteiger partial charge in [-0.3, -0.25) is 0 Å². The molecule has 0 bridgehead atoms. The lowest BCUT2D eigenvalue weighted by molar-refractivity contribution is 0.564. The van der Waals surface area contributed by atoms with Crippen molar-refractivity contribution in [3.05, 3.63) is 82.9 Å². The topological polar surface area (TPSA) is 0 Å². The van der Waals surface area contributed by atoms with Gasteiger partial charge in [0.1, 0.15) is 0 Å². The first-order valence-electron chi connectivity index (χ1n) is 10.0. The Bertz CT molecular complexity index is 1010. The normalized spacial score (nSPS) is 13.0. The van der Waals surface area contributed by atoms with E-state index in [1.54, 1.807) is 0 Å². The van der Waals surface area contributed by atoms with Crippen LogP contribution < -0.4 is 0 Å². The van der Waals surface area contributed by atoms with Crippen LogP contribution in [-0.2, 0) is 17.3 Å². The number of benzene rings is 3. The van der Waals surface area contributed by atoms with Crippen molar-refractivity contribution in [1.29, 1.82) is 0 Å². The monoisotopic (exact) mass is 354 g/mol. The van der Waals surface area contributed by atoms with Crippen molar-refractivity contribution in [2.45, 2.75) is 58.8 Å². The highest BCUT2D eigenvalue weighted by atomic mass is 14.3. The fraction of sp³-hybridized carbons (Fsp3) is 0.333. The average Bonchev–Trinajstić information content (AvgIpc) is 2.58. The third-order valence-corrected chi connectivity index (χ3v) is 5.80. The summed E-state index contributed by atoms with van der Waals surface area (Å²) in [6.45, 7) is 13.9. The van der Waals surface area contributed by atoms with E-state index >= 15 is 0 Å². The fourth-order valence-corrected chi connectivity index (χ4v) is 4.26. The Labute approximate surface area is 164 Å². The zero-order valence-electron chi connectivity index (χ0n) is 17.5. The minimum Gasteiger partial charge on any atom is -0.0616 e. The quantitative estimate of drug-likeness (QED) is 0.349. The molecule has 0 heteroatoms. The number of fused-ring (bicyclic) bond motifs is 4. The van der Waals surface area contributed by atoms with E-state index in [0.717, 1.165) is 6.42 Å². The van der Waals surface area contributed by atoms with Crippen molar-refractivity contribution in [2.24, 2.45) is 0 Å². The van der Waals surface area contributed by atoms with Crippen molar-refractivity contribution in [3.63, 3.8) is 0 Å². The van der Waals surface area contributed by atoms with Gasteiger partial charge in [-0.1, -0.05) is 102 Å². The summed E-state index contributed by atoms with van der Waals surface area (Å²) in [4.78, 5) is 0. The molecule has 3 aromatic carbocycles. The van der Waals surface area contributed by atoms with Crippen molar-refractivity contribution >= 4 is 0 Å². The molecule has 0 aliphatic heterocycles. The first-order chi connectivity index (χ1) is 12.7. The highest BCUT2D eigenvalue weighted by Crippen LogP contribution is 2.49. The lowest BCUT2D eigenvalue weighted by atomic mass is 9.74. The van der Waals surface area contributed by atoms with Crippen LogP contribution in [0.4, 0.5) is 0 Å². The van der Waals surface area contributed by atoms with Gasteiger partial charge in [0.15, 0.2) is 0 Å². The van der Waals surface area contributed by atoms with E-state index in [0.29, 0.717) is 0 Å². The molecule has 0 aromatic heterocycles. The lowest BCUT2D eigenvalue weighted by Gasteiger charge is -2.30. The highest BCUT2D eigenvalue weighted by molar-refractivity contribution is 6.03. The Hall–Kier alpha value is -2.34. The molecule has 27 heavy (non-hydrogen) atoms. The van der Waals surface area contributed by atoms with E-state index in [4.69, 9.17) is 0 Å². The van der Waals surface area contributed by atoms with Crippen LogP contribution in [0.5, 0.6) is 0 Å². The summed E-state index contributed by atoms with van der Waals surface area (Å²) < 4.78 is 0. The molecule has 1 aliphatic carbocycles. The maximum absolute atomic E-state index is 2.44. The molecular weight excluding hydrogens is 324 g/mol. The van der Waals surface area contributed by atoms with Crippen molar-refractivity contribution in [2.75, 3.05) is 0 Å². The molecule has 0 spiro atoms. The minimum atomic E-state index is 0.135. The van der Waals surface area contributed by atoms with Crippen molar-refractivity contribution in [1.82, 2.24) is 0 Å². The molecule has 0 fully saturated rings. The second-order valence-corrected chi connectivity index (χ2v) is 9.93. The SMILES string of the molecule is CC(C)(C)c1ccc(Cc2cccc3c2-c2ccccc2-3)c(C(C)(C)C)c1. The third kappa shape index (κ3) is 3.12. The molecule has 1 aliphatic rings. The molecular formula is C27H30. The van der Waals surface area contributed by atoms with Crippen molar-refractivity contribution < 1.29 is 0 Å². The van der Waals surface area contributed by atoms with Crippen LogP contribution in [0, 0.1) is 0 Å². The van der Waals surface area contributed by atoms with Crippen LogP contribution >= 0.6 is 0 Å². The van der Waals surface area contributed by atoms with Gasteiger partial charge in [-0.25, -0.2) is 0 Å². The molecule has 0 heterocycles. The molecule has 0 radical (unpaired) electrons. The van der Waals surface area contributed by atoms with Crippen LogP contribution in [0.15, 0.2) is 60.7 Å². The van der Waals surface area contributed by atoms with E-state index < -0.39 is 0 Å². The zero-order chi connectivity index (χ0) is 19.4. The number of hydrogen-bond donors (Lipinski definition) is 0. The van der Waals surface area contributed by atoms with Gasteiger partial charge >= 0.3 is 0 Å². The molecule has 0 nitrogen and oxygen atoms in total. The summed E-state index contributed by atoms with van der Waals surface area (Å²) in [5, 5.41) is 0. The van der Waals surface area contributed by atoms with Crippen LogP contribution in [-0.4, -0.2) is 0 Å². The second-order valence-electron chi connectivity index (χ2n) is 9.93. The lowest BCUT2D eigenvalue weighted by Crippen LogP contribution is -2.18. The third-order valence-electron chi connectivity index (χ3n) is 5.80. The first kappa shape index (κ1) is 18.0. The molecule has 0 N–H and O–H groups in total. The molecule has 0 amide bonds. The molecule has 0 unspecified atom stereocenters. The molecule has 4 rings (SSSR count). The van der Waals surface area contributed by atoms with Crippen LogP contribution in [0.25, 0.3) is 22.3 Å². The Morgan fingerprint density at radius 2 is 1.26 bits per heavy atom. The van der Waals surface area contributed by atoms with Crippen LogP contribution in [0.3, 0.4) is 0 Å². The summed E-state index contributed by atoms with van der Waals surface area (Å²) in [6, 6.07) is 22.7. The van der Waals surface area contributed by atoms with Gasteiger partial charge < -0.3 is 0 Å². The summed E-state index contributed by atoms with van der Waals surface area (Å²) in [5.41, 5.74) is 11.8. The van der Waals surface area contributed by atoms with Gasteiger partial charge in [0.25, 0.3) is 0 Å². The molecule has 0 saturated heterocycles. The summed E-state index contributed by atoms with van der Waals surface area (Å²) in [7, 11) is 0. The molecule has 3 aromatic rings. The predicted molar refractivity (Wildman–Crippen MR) is 118 cm³/mol. The first-order valence-corrected chi connectivity index (χ1v) is 10.0. The zero-order valence-corrected chi connectivity index (χ0v) is 17.5. The van der Waals surface area contributed by atoms with Gasteiger partial charge in [0, 0.05) is 0 Å². The number of hydrogen-bond acceptors (Lipinski definition) is 0. The Balaban J connectivity index is 1.78. The van der Waals surface area contributed by atoms with Crippen LogP contribution in [0.1, 0.15) is 63.8 Å². The van der Waals surface area contributed by atoms with Crippen LogP contribution in [0.2, 0.25) is 0 Å². The van der Waals surface area contributed by atoms with Gasteiger partial charge in [-0.05, 0) is 61.8 Å². The van der Waals surface area contributed by atoms with E-state index in [9.17, 15) is 0 Å². The van der Waals surface area contributed by atoms with E-state index in [2.05, 4.69) is 102 Å². The van der Waals surface area contributed by atoms with Gasteiger partial charge in [0.2, 0.25) is 0 Å². The maximum Gasteiger partial charge on any atom is -0.00164 e. The predicted octanol–water partition coefficient (Wildman–Crippen LogP) is 7.52. The van der Waals surface area contributed by atoms with Crippen molar-refractivity contribution in [3.8, 4) is 22.3 Å². The van der Waals surface area contributed by atoms with Gasteiger partial charge in [-0.15, -0.1) is 0 Å². The van der Waals surface area contributed by atoms with E-state index in [1.807, 2.05) is 0 Å². The summed E-state index contributed by atoms with van der Waals surface area (Å²) in [6.07, 6.45) is 0.995. The average molecular weight is 355 g/mol. The van der Waals surface area contributed by atoms with Gasteiger partial charge in [-0.2, -0.15) is 0 Å². The van der Waals surface area contributed by atoms with E-state index in [-0.39, 0.29) is 10.8 Å². The number of rotatable bonds is 2. The summed E-state index contributed by atoms with van der Waals surface area (Å²) >= 11 is 0. The Morgan fingerprint density at radius 1 is 0.593 bits per heavy atom. The fourth-order valence-electron chi connectivity index (χ4n) is 4.26.